The van der Waals surface area contributed by atoms with E-state index in [1.807, 2.05) is 24.3 Å². The number of hydrogen-bond donors (Lipinski definition) is 1. The molecular formula is C20H25FN2O. The average molecular weight is 328 g/mol. The van der Waals surface area contributed by atoms with Crippen LogP contribution in [0.2, 0.25) is 0 Å². The van der Waals surface area contributed by atoms with Gasteiger partial charge in [0.1, 0.15) is 5.82 Å². The number of halogens is 1. The highest BCUT2D eigenvalue weighted by Gasteiger charge is 2.05. The summed E-state index contributed by atoms with van der Waals surface area (Å²) in [4.78, 5) is 14.2. The molecule has 0 aliphatic carbocycles. The Bertz CT molecular complexity index is 631. The Labute approximate surface area is 143 Å². The molecule has 1 N–H and O–H groups in total. The van der Waals surface area contributed by atoms with Crippen LogP contribution in [-0.4, -0.2) is 25.5 Å². The summed E-state index contributed by atoms with van der Waals surface area (Å²) in [5.74, 6) is -0.240. The van der Waals surface area contributed by atoms with Crippen LogP contribution < -0.4 is 10.2 Å². The molecule has 0 saturated heterocycles. The van der Waals surface area contributed by atoms with Crippen LogP contribution >= 0.6 is 0 Å². The van der Waals surface area contributed by atoms with Gasteiger partial charge in [-0.2, -0.15) is 0 Å². The number of carbonyl (C=O) groups is 1. The largest absolute Gasteiger partial charge is 0.372 e. The molecule has 0 aliphatic heterocycles. The standard InChI is InChI=1S/C20H25FN2O/c1-2-23(19-10-4-3-5-11-19)15-7-14-22-20(24)13-12-17-8-6-9-18(21)16-17/h3-6,8-11,16H,2,7,12-15H2,1H3,(H,22,24). The predicted molar refractivity (Wildman–Crippen MR) is 96.7 cm³/mol. The van der Waals surface area contributed by atoms with Crippen molar-refractivity contribution >= 4 is 11.6 Å². The van der Waals surface area contributed by atoms with Crippen LogP contribution in [0.5, 0.6) is 0 Å². The number of rotatable bonds is 9. The molecule has 0 saturated carbocycles. The molecule has 0 bridgehead atoms. The summed E-state index contributed by atoms with van der Waals surface area (Å²) in [5, 5.41) is 2.94. The Morgan fingerprint density at radius 3 is 2.62 bits per heavy atom. The van der Waals surface area contributed by atoms with Crippen molar-refractivity contribution in [3.05, 3.63) is 66.0 Å². The first kappa shape index (κ1) is 18.0. The van der Waals surface area contributed by atoms with Gasteiger partial charge in [-0.1, -0.05) is 30.3 Å². The molecule has 0 radical (unpaired) electrons. The number of nitrogens with zero attached hydrogens (tertiary/aromatic N) is 1. The molecule has 1 amide bonds. The van der Waals surface area contributed by atoms with E-state index in [2.05, 4.69) is 29.3 Å². The van der Waals surface area contributed by atoms with Gasteiger partial charge >= 0.3 is 0 Å². The molecule has 128 valence electrons. The Hall–Kier alpha value is -2.36. The van der Waals surface area contributed by atoms with E-state index in [-0.39, 0.29) is 11.7 Å². The second-order valence-corrected chi connectivity index (χ2v) is 5.75. The molecule has 0 aromatic heterocycles. The van der Waals surface area contributed by atoms with Crippen LogP contribution in [0.3, 0.4) is 0 Å². The van der Waals surface area contributed by atoms with Crippen molar-refractivity contribution in [3.8, 4) is 0 Å². The maximum absolute atomic E-state index is 13.1. The van der Waals surface area contributed by atoms with E-state index in [1.165, 1.54) is 17.8 Å². The van der Waals surface area contributed by atoms with E-state index in [4.69, 9.17) is 0 Å². The number of benzene rings is 2. The van der Waals surface area contributed by atoms with Crippen LogP contribution in [0.15, 0.2) is 54.6 Å². The first-order valence-corrected chi connectivity index (χ1v) is 8.50. The zero-order chi connectivity index (χ0) is 17.2. The first-order chi connectivity index (χ1) is 11.7. The van der Waals surface area contributed by atoms with E-state index in [1.54, 1.807) is 6.07 Å². The van der Waals surface area contributed by atoms with E-state index < -0.39 is 0 Å². The maximum atomic E-state index is 13.1. The van der Waals surface area contributed by atoms with E-state index >= 15 is 0 Å². The summed E-state index contributed by atoms with van der Waals surface area (Å²) >= 11 is 0. The van der Waals surface area contributed by atoms with Gasteiger partial charge in [0.2, 0.25) is 5.91 Å². The molecule has 0 fully saturated rings. The molecule has 2 aromatic rings. The molecular weight excluding hydrogens is 303 g/mol. The fraction of sp³-hybridized carbons (Fsp3) is 0.350. The summed E-state index contributed by atoms with van der Waals surface area (Å²) in [5.41, 5.74) is 2.06. The van der Waals surface area contributed by atoms with Gasteiger partial charge in [-0.25, -0.2) is 4.39 Å². The highest BCUT2D eigenvalue weighted by atomic mass is 19.1. The second kappa shape index (κ2) is 9.71. The van der Waals surface area contributed by atoms with Gasteiger partial charge in [0.25, 0.3) is 0 Å². The minimum atomic E-state index is -0.256. The topological polar surface area (TPSA) is 32.3 Å². The third-order valence-corrected chi connectivity index (χ3v) is 3.96. The summed E-state index contributed by atoms with van der Waals surface area (Å²) in [7, 11) is 0. The van der Waals surface area contributed by atoms with E-state index in [9.17, 15) is 9.18 Å². The van der Waals surface area contributed by atoms with Crippen molar-refractivity contribution < 1.29 is 9.18 Å². The third kappa shape index (κ3) is 6.03. The average Bonchev–Trinajstić information content (AvgIpc) is 2.61. The zero-order valence-corrected chi connectivity index (χ0v) is 14.2. The lowest BCUT2D eigenvalue weighted by atomic mass is 10.1. The first-order valence-electron chi connectivity index (χ1n) is 8.50. The molecule has 2 rings (SSSR count). The van der Waals surface area contributed by atoms with Gasteiger partial charge in [-0.3, -0.25) is 4.79 Å². The highest BCUT2D eigenvalue weighted by Crippen LogP contribution is 2.12. The van der Waals surface area contributed by atoms with Gasteiger partial charge in [0.15, 0.2) is 0 Å². The summed E-state index contributed by atoms with van der Waals surface area (Å²) < 4.78 is 13.1. The summed E-state index contributed by atoms with van der Waals surface area (Å²) in [6, 6.07) is 16.7. The second-order valence-electron chi connectivity index (χ2n) is 5.75. The number of hydrogen-bond acceptors (Lipinski definition) is 2. The fourth-order valence-electron chi connectivity index (χ4n) is 2.65. The minimum absolute atomic E-state index is 0.0158. The zero-order valence-electron chi connectivity index (χ0n) is 14.2. The Balaban J connectivity index is 1.65. The van der Waals surface area contributed by atoms with Crippen LogP contribution in [0.25, 0.3) is 0 Å². The Kier molecular flexibility index (Phi) is 7.27. The van der Waals surface area contributed by atoms with Crippen molar-refractivity contribution in [2.45, 2.75) is 26.2 Å². The molecule has 0 heterocycles. The lowest BCUT2D eigenvalue weighted by molar-refractivity contribution is -0.121. The Morgan fingerprint density at radius 1 is 1.12 bits per heavy atom. The highest BCUT2D eigenvalue weighted by molar-refractivity contribution is 5.76. The molecule has 4 heteroatoms. The van der Waals surface area contributed by atoms with Crippen molar-refractivity contribution in [3.63, 3.8) is 0 Å². The van der Waals surface area contributed by atoms with Gasteiger partial charge < -0.3 is 10.2 Å². The van der Waals surface area contributed by atoms with Gasteiger partial charge in [-0.15, -0.1) is 0 Å². The smallest absolute Gasteiger partial charge is 0.220 e. The van der Waals surface area contributed by atoms with E-state index in [0.717, 1.165) is 25.1 Å². The predicted octanol–water partition coefficient (Wildman–Crippen LogP) is 3.79. The van der Waals surface area contributed by atoms with Gasteiger partial charge in [-0.05, 0) is 49.6 Å². The van der Waals surface area contributed by atoms with Crippen LogP contribution in [0.1, 0.15) is 25.3 Å². The quantitative estimate of drug-likeness (QED) is 0.710. The van der Waals surface area contributed by atoms with Crippen molar-refractivity contribution in [1.29, 1.82) is 0 Å². The molecule has 0 spiro atoms. The SMILES string of the molecule is CCN(CCCNC(=O)CCc1cccc(F)c1)c1ccccc1. The summed E-state index contributed by atoms with van der Waals surface area (Å²) in [6.07, 6.45) is 1.85. The number of amides is 1. The molecule has 3 nitrogen and oxygen atoms in total. The third-order valence-electron chi connectivity index (χ3n) is 3.96. The van der Waals surface area contributed by atoms with Crippen molar-refractivity contribution in [2.24, 2.45) is 0 Å². The van der Waals surface area contributed by atoms with E-state index in [0.29, 0.717) is 19.4 Å². The molecule has 24 heavy (non-hydrogen) atoms. The lowest BCUT2D eigenvalue weighted by Gasteiger charge is -2.23. The van der Waals surface area contributed by atoms with Crippen molar-refractivity contribution in [2.75, 3.05) is 24.5 Å². The van der Waals surface area contributed by atoms with Crippen LogP contribution in [0, 0.1) is 5.82 Å². The minimum Gasteiger partial charge on any atom is -0.372 e. The Morgan fingerprint density at radius 2 is 1.92 bits per heavy atom. The maximum Gasteiger partial charge on any atom is 0.220 e. The lowest BCUT2D eigenvalue weighted by Crippen LogP contribution is -2.30. The molecule has 0 aliphatic rings. The number of carbonyl (C=O) groups excluding carboxylic acids is 1. The van der Waals surface area contributed by atoms with Gasteiger partial charge in [0, 0.05) is 31.7 Å². The number of aryl methyl sites for hydroxylation is 1. The normalized spacial score (nSPS) is 10.4. The summed E-state index contributed by atoms with van der Waals surface area (Å²) in [6.45, 7) is 4.64. The van der Waals surface area contributed by atoms with Gasteiger partial charge in [0.05, 0.1) is 0 Å². The molecule has 2 aromatic carbocycles. The van der Waals surface area contributed by atoms with Crippen LogP contribution in [0.4, 0.5) is 10.1 Å². The number of anilines is 1. The van der Waals surface area contributed by atoms with Crippen LogP contribution in [-0.2, 0) is 11.2 Å². The fourth-order valence-corrected chi connectivity index (χ4v) is 2.65. The molecule has 0 atom stereocenters. The molecule has 0 unspecified atom stereocenters. The number of nitrogens with one attached hydrogen (secondary N) is 1. The van der Waals surface area contributed by atoms with Crippen molar-refractivity contribution in [1.82, 2.24) is 5.32 Å². The monoisotopic (exact) mass is 328 g/mol. The number of para-hydroxylation sites is 1.